The number of amides is 1. The van der Waals surface area contributed by atoms with Crippen LogP contribution < -0.4 is 14.8 Å². The maximum absolute atomic E-state index is 12.9. The molecule has 0 radical (unpaired) electrons. The molecule has 0 aromatic heterocycles. The number of halogens is 2. The van der Waals surface area contributed by atoms with Gasteiger partial charge in [0.15, 0.2) is 11.5 Å². The van der Waals surface area contributed by atoms with Gasteiger partial charge in [0, 0.05) is 24.7 Å². The third-order valence-electron chi connectivity index (χ3n) is 4.62. The van der Waals surface area contributed by atoms with E-state index in [0.717, 1.165) is 23.4 Å². The van der Waals surface area contributed by atoms with Gasteiger partial charge in [-0.3, -0.25) is 4.79 Å². The molecule has 1 saturated heterocycles. The molecule has 0 spiro atoms. The van der Waals surface area contributed by atoms with Gasteiger partial charge in [-0.2, -0.15) is 0 Å². The van der Waals surface area contributed by atoms with Crippen LogP contribution in [0, 0.1) is 0 Å². The lowest BCUT2D eigenvalue weighted by molar-refractivity contribution is -0.133. The summed E-state index contributed by atoms with van der Waals surface area (Å²) in [5.41, 5.74) is 1.90. The number of carbonyl (C=O) groups excluding carboxylic acids is 1. The molecule has 7 heteroatoms. The molecule has 2 aliphatic rings. The van der Waals surface area contributed by atoms with Crippen molar-refractivity contribution in [2.45, 2.75) is 12.5 Å². The summed E-state index contributed by atoms with van der Waals surface area (Å²) in [5.74, 6) is 1.52. The number of ether oxygens (including phenoxy) is 2. The predicted molar refractivity (Wildman–Crippen MR) is 102 cm³/mol. The predicted octanol–water partition coefficient (Wildman–Crippen LogP) is 3.21. The highest BCUT2D eigenvalue weighted by atomic mass is 35.5. The number of benzene rings is 2. The summed E-state index contributed by atoms with van der Waals surface area (Å²) in [6.45, 7) is 2.39. The van der Waals surface area contributed by atoms with Crippen LogP contribution in [-0.2, 0) is 11.2 Å². The first kappa shape index (κ1) is 18.8. The second-order valence-corrected chi connectivity index (χ2v) is 6.60. The first-order valence-corrected chi connectivity index (χ1v) is 8.73. The van der Waals surface area contributed by atoms with Crippen molar-refractivity contribution in [2.75, 3.05) is 26.4 Å². The summed E-state index contributed by atoms with van der Waals surface area (Å²) in [7, 11) is 0. The van der Waals surface area contributed by atoms with E-state index in [1.54, 1.807) is 0 Å². The van der Waals surface area contributed by atoms with Gasteiger partial charge in [-0.15, -0.1) is 12.4 Å². The van der Waals surface area contributed by atoms with Gasteiger partial charge in [0.1, 0.15) is 0 Å². The molecule has 2 aliphatic heterocycles. The zero-order valence-corrected chi connectivity index (χ0v) is 15.7. The Labute approximate surface area is 163 Å². The van der Waals surface area contributed by atoms with E-state index in [2.05, 4.69) is 5.32 Å². The fraction of sp³-hybridized carbons (Fsp3) is 0.316. The summed E-state index contributed by atoms with van der Waals surface area (Å²) in [5, 5.41) is 4.05. The number of nitrogens with zero attached hydrogens (tertiary/aromatic N) is 1. The topological polar surface area (TPSA) is 50.8 Å². The average Bonchev–Trinajstić information content (AvgIpc) is 3.10. The number of hydrogen-bond donors (Lipinski definition) is 1. The molecule has 0 bridgehead atoms. The van der Waals surface area contributed by atoms with Crippen LogP contribution in [0.5, 0.6) is 11.5 Å². The van der Waals surface area contributed by atoms with E-state index in [9.17, 15) is 4.79 Å². The van der Waals surface area contributed by atoms with Gasteiger partial charge >= 0.3 is 0 Å². The van der Waals surface area contributed by atoms with Crippen molar-refractivity contribution >= 4 is 29.9 Å². The molecule has 1 amide bonds. The minimum absolute atomic E-state index is 0. The lowest BCUT2D eigenvalue weighted by Gasteiger charge is -2.37. The Bertz CT molecular complexity index is 800. The van der Waals surface area contributed by atoms with Crippen molar-refractivity contribution in [3.05, 3.63) is 58.6 Å². The Morgan fingerprint density at radius 1 is 1.19 bits per heavy atom. The van der Waals surface area contributed by atoms with Crippen LogP contribution in [0.25, 0.3) is 0 Å². The summed E-state index contributed by atoms with van der Waals surface area (Å²) < 4.78 is 10.7. The van der Waals surface area contributed by atoms with E-state index < -0.39 is 0 Å². The SMILES string of the molecule is Cl.O=C(Cc1ccc2c(c1)OCO2)N1CCNCC1c1ccccc1Cl. The van der Waals surface area contributed by atoms with E-state index in [0.29, 0.717) is 30.3 Å². The van der Waals surface area contributed by atoms with Gasteiger partial charge in [-0.1, -0.05) is 35.9 Å². The van der Waals surface area contributed by atoms with Crippen LogP contribution in [-0.4, -0.2) is 37.2 Å². The lowest BCUT2D eigenvalue weighted by atomic mass is 10.0. The second-order valence-electron chi connectivity index (χ2n) is 6.19. The number of piperazine rings is 1. The third-order valence-corrected chi connectivity index (χ3v) is 4.96. The first-order valence-electron chi connectivity index (χ1n) is 8.35. The number of hydrogen-bond acceptors (Lipinski definition) is 4. The summed E-state index contributed by atoms with van der Waals surface area (Å²) in [4.78, 5) is 14.9. The standard InChI is InChI=1S/C19H19ClN2O3.ClH/c20-15-4-2-1-3-14(15)16-11-21-7-8-22(16)19(23)10-13-5-6-17-18(9-13)25-12-24-17;/h1-6,9,16,21H,7-8,10-12H2;1H. The summed E-state index contributed by atoms with van der Waals surface area (Å²) in [6, 6.07) is 13.3. The smallest absolute Gasteiger partial charge is 0.231 e. The molecular formula is C19H20Cl2N2O3. The monoisotopic (exact) mass is 394 g/mol. The molecule has 0 aliphatic carbocycles. The highest BCUT2D eigenvalue weighted by Gasteiger charge is 2.29. The van der Waals surface area contributed by atoms with Crippen molar-refractivity contribution in [2.24, 2.45) is 0 Å². The fourth-order valence-electron chi connectivity index (χ4n) is 3.35. The van der Waals surface area contributed by atoms with Crippen molar-refractivity contribution in [1.29, 1.82) is 0 Å². The molecule has 138 valence electrons. The zero-order valence-electron chi connectivity index (χ0n) is 14.1. The van der Waals surface area contributed by atoms with Gasteiger partial charge in [0.25, 0.3) is 0 Å². The number of carbonyl (C=O) groups is 1. The van der Waals surface area contributed by atoms with Crippen LogP contribution in [0.1, 0.15) is 17.2 Å². The van der Waals surface area contributed by atoms with Crippen LogP contribution in [0.15, 0.2) is 42.5 Å². The van der Waals surface area contributed by atoms with Gasteiger partial charge in [0.05, 0.1) is 12.5 Å². The van der Waals surface area contributed by atoms with Crippen molar-refractivity contribution in [1.82, 2.24) is 10.2 Å². The minimum Gasteiger partial charge on any atom is -0.454 e. The van der Waals surface area contributed by atoms with Gasteiger partial charge in [-0.05, 0) is 29.3 Å². The highest BCUT2D eigenvalue weighted by Crippen LogP contribution is 2.33. The Kier molecular flexibility index (Phi) is 5.91. The highest BCUT2D eigenvalue weighted by molar-refractivity contribution is 6.31. The van der Waals surface area contributed by atoms with E-state index >= 15 is 0 Å². The zero-order chi connectivity index (χ0) is 17.2. The maximum Gasteiger partial charge on any atom is 0.231 e. The molecule has 1 N–H and O–H groups in total. The second kappa shape index (κ2) is 8.16. The summed E-state index contributed by atoms with van der Waals surface area (Å²) in [6.07, 6.45) is 0.331. The molecule has 2 heterocycles. The van der Waals surface area contributed by atoms with Crippen LogP contribution in [0.2, 0.25) is 5.02 Å². The fourth-order valence-corrected chi connectivity index (χ4v) is 3.61. The Hall–Kier alpha value is -1.95. The lowest BCUT2D eigenvalue weighted by Crippen LogP contribution is -2.49. The maximum atomic E-state index is 12.9. The van der Waals surface area contributed by atoms with Gasteiger partial charge < -0.3 is 19.7 Å². The Morgan fingerprint density at radius 3 is 2.85 bits per heavy atom. The van der Waals surface area contributed by atoms with Crippen LogP contribution >= 0.6 is 24.0 Å². The van der Waals surface area contributed by atoms with Crippen molar-refractivity contribution < 1.29 is 14.3 Å². The normalized spacial score (nSPS) is 18.3. The van der Waals surface area contributed by atoms with Crippen LogP contribution in [0.3, 0.4) is 0 Å². The van der Waals surface area contributed by atoms with E-state index in [-0.39, 0.29) is 31.1 Å². The van der Waals surface area contributed by atoms with E-state index in [4.69, 9.17) is 21.1 Å². The van der Waals surface area contributed by atoms with Crippen molar-refractivity contribution in [3.8, 4) is 11.5 Å². The van der Waals surface area contributed by atoms with Gasteiger partial charge in [-0.25, -0.2) is 0 Å². The Balaban J connectivity index is 0.00000196. The molecule has 2 aromatic carbocycles. The molecule has 1 unspecified atom stereocenters. The van der Waals surface area contributed by atoms with Crippen LogP contribution in [0.4, 0.5) is 0 Å². The minimum atomic E-state index is -0.0519. The average molecular weight is 395 g/mol. The molecule has 1 atom stereocenters. The molecule has 26 heavy (non-hydrogen) atoms. The quantitative estimate of drug-likeness (QED) is 0.868. The number of fused-ring (bicyclic) bond motifs is 1. The third kappa shape index (κ3) is 3.75. The molecule has 5 nitrogen and oxygen atoms in total. The molecule has 2 aromatic rings. The first-order chi connectivity index (χ1) is 12.2. The molecule has 1 fully saturated rings. The molecule has 4 rings (SSSR count). The van der Waals surface area contributed by atoms with E-state index in [1.165, 1.54) is 0 Å². The number of nitrogens with one attached hydrogen (secondary N) is 1. The van der Waals surface area contributed by atoms with Crippen molar-refractivity contribution in [3.63, 3.8) is 0 Å². The largest absolute Gasteiger partial charge is 0.454 e. The molecular weight excluding hydrogens is 375 g/mol. The van der Waals surface area contributed by atoms with E-state index in [1.807, 2.05) is 47.4 Å². The summed E-state index contributed by atoms with van der Waals surface area (Å²) >= 11 is 6.36. The number of rotatable bonds is 3. The molecule has 0 saturated carbocycles. The Morgan fingerprint density at radius 2 is 2.00 bits per heavy atom. The van der Waals surface area contributed by atoms with Gasteiger partial charge in [0.2, 0.25) is 12.7 Å².